The van der Waals surface area contributed by atoms with Gasteiger partial charge in [0.25, 0.3) is 5.69 Å². The van der Waals surface area contributed by atoms with Crippen LogP contribution in [0.4, 0.5) is 5.69 Å². The average Bonchev–Trinajstić information content (AvgIpc) is 2.78. The van der Waals surface area contributed by atoms with E-state index in [1.165, 1.54) is 30.1 Å². The maximum absolute atomic E-state index is 10.9. The number of amidine groups is 1. The lowest BCUT2D eigenvalue weighted by Crippen LogP contribution is -2.19. The molecular weight excluding hydrogens is 327 g/mol. The Morgan fingerprint density at radius 1 is 1.40 bits per heavy atom. The van der Waals surface area contributed by atoms with Crippen molar-refractivity contribution in [1.82, 2.24) is 5.32 Å². The van der Waals surface area contributed by atoms with Gasteiger partial charge in [-0.25, -0.2) is 0 Å². The third-order valence-electron chi connectivity index (χ3n) is 2.20. The van der Waals surface area contributed by atoms with Crippen LogP contribution in [0.25, 0.3) is 0 Å². The molecule has 0 spiro atoms. The summed E-state index contributed by atoms with van der Waals surface area (Å²) in [6, 6.07) is 2.35. The van der Waals surface area contributed by atoms with Crippen LogP contribution < -0.4 is 5.32 Å². The molecule has 0 aromatic heterocycles. The van der Waals surface area contributed by atoms with Gasteiger partial charge in [-0.05, 0) is 0 Å². The molecule has 1 fully saturated rings. The second-order valence-electron chi connectivity index (χ2n) is 3.57. The van der Waals surface area contributed by atoms with Crippen LogP contribution >= 0.6 is 35.0 Å². The van der Waals surface area contributed by atoms with E-state index in [-0.39, 0.29) is 21.6 Å². The molecule has 1 aromatic rings. The Morgan fingerprint density at radius 2 is 2.05 bits per heavy atom. The third kappa shape index (κ3) is 3.47. The summed E-state index contributed by atoms with van der Waals surface area (Å²) in [6.07, 6.45) is 1.27. The molecule has 0 atom stereocenters. The fourth-order valence-electron chi connectivity index (χ4n) is 1.32. The highest BCUT2D eigenvalue weighted by Crippen LogP contribution is 2.28. The van der Waals surface area contributed by atoms with Crippen molar-refractivity contribution >= 4 is 57.9 Å². The molecule has 0 radical (unpaired) electrons. The number of non-ortho nitro benzene ring substituents is 1. The molecule has 20 heavy (non-hydrogen) atoms. The van der Waals surface area contributed by atoms with Gasteiger partial charge in [-0.1, -0.05) is 35.0 Å². The second-order valence-corrected chi connectivity index (χ2v) is 5.35. The number of nitro benzene ring substituents is 1. The molecule has 0 bridgehead atoms. The molecule has 0 unspecified atom stereocenters. The van der Waals surface area contributed by atoms with Crippen LogP contribution in [0.3, 0.4) is 0 Å². The van der Waals surface area contributed by atoms with Crippen LogP contribution in [0.5, 0.6) is 0 Å². The van der Waals surface area contributed by atoms with Gasteiger partial charge in [0.15, 0.2) is 5.17 Å². The number of benzene rings is 1. The van der Waals surface area contributed by atoms with Crippen molar-refractivity contribution in [3.63, 3.8) is 0 Å². The minimum absolute atomic E-state index is 0.0938. The Hall–Kier alpha value is -1.64. The molecule has 10 heteroatoms. The zero-order valence-electron chi connectivity index (χ0n) is 9.67. The summed E-state index contributed by atoms with van der Waals surface area (Å²) >= 11 is 13.0. The van der Waals surface area contributed by atoms with Gasteiger partial charge in [0.1, 0.15) is 0 Å². The van der Waals surface area contributed by atoms with Crippen LogP contribution in [-0.2, 0) is 4.79 Å². The first-order chi connectivity index (χ1) is 9.47. The monoisotopic (exact) mass is 332 g/mol. The topological polar surface area (TPSA) is 97.0 Å². The number of thioether (sulfide) groups is 1. The number of rotatable bonds is 3. The van der Waals surface area contributed by atoms with Crippen molar-refractivity contribution in [1.29, 1.82) is 0 Å². The van der Waals surface area contributed by atoms with E-state index in [2.05, 4.69) is 15.5 Å². The van der Waals surface area contributed by atoms with Crippen molar-refractivity contribution in [3.05, 3.63) is 37.9 Å². The van der Waals surface area contributed by atoms with Gasteiger partial charge in [-0.15, -0.1) is 5.10 Å². The third-order valence-corrected chi connectivity index (χ3v) is 3.69. The summed E-state index contributed by atoms with van der Waals surface area (Å²) in [7, 11) is 0. The predicted octanol–water partition coefficient (Wildman–Crippen LogP) is 2.45. The average molecular weight is 333 g/mol. The Labute approximate surface area is 127 Å². The zero-order chi connectivity index (χ0) is 14.7. The quantitative estimate of drug-likeness (QED) is 0.522. The molecule has 0 saturated carbocycles. The number of carbonyl (C=O) groups is 1. The molecule has 1 aliphatic heterocycles. The van der Waals surface area contributed by atoms with Gasteiger partial charge in [-0.2, -0.15) is 5.10 Å². The van der Waals surface area contributed by atoms with E-state index >= 15 is 0 Å². The lowest BCUT2D eigenvalue weighted by molar-refractivity contribution is -0.384. The van der Waals surface area contributed by atoms with Gasteiger partial charge in [0.2, 0.25) is 5.91 Å². The first kappa shape index (κ1) is 14.8. The molecule has 7 nitrogen and oxygen atoms in total. The molecule has 1 heterocycles. The molecule has 1 aliphatic rings. The number of nitro groups is 1. The van der Waals surface area contributed by atoms with Gasteiger partial charge in [0, 0.05) is 17.7 Å². The first-order valence-corrected chi connectivity index (χ1v) is 6.88. The molecule has 2 rings (SSSR count). The van der Waals surface area contributed by atoms with E-state index in [0.29, 0.717) is 16.5 Å². The molecule has 1 aromatic carbocycles. The largest absolute Gasteiger partial charge is 0.303 e. The molecule has 1 N–H and O–H groups in total. The number of hydrogen-bond donors (Lipinski definition) is 1. The lowest BCUT2D eigenvalue weighted by atomic mass is 10.2. The smallest absolute Gasteiger partial charge is 0.272 e. The number of hydrogen-bond acceptors (Lipinski definition) is 6. The molecular formula is C10H6Cl2N4O3S. The highest BCUT2D eigenvalue weighted by atomic mass is 35.5. The van der Waals surface area contributed by atoms with E-state index in [4.69, 9.17) is 23.2 Å². The van der Waals surface area contributed by atoms with E-state index in [9.17, 15) is 14.9 Å². The van der Waals surface area contributed by atoms with Crippen LogP contribution in [0.15, 0.2) is 22.3 Å². The number of nitrogens with zero attached hydrogens (tertiary/aromatic N) is 3. The summed E-state index contributed by atoms with van der Waals surface area (Å²) in [5.74, 6) is 0.156. The molecule has 104 valence electrons. The Balaban J connectivity index is 2.21. The van der Waals surface area contributed by atoms with E-state index < -0.39 is 4.92 Å². The molecule has 1 amide bonds. The van der Waals surface area contributed by atoms with Gasteiger partial charge >= 0.3 is 0 Å². The van der Waals surface area contributed by atoms with Crippen molar-refractivity contribution < 1.29 is 9.72 Å². The SMILES string of the molecule is O=C1CSC(=NN=Cc2c(Cl)cc([N+](=O)[O-])cc2Cl)N1. The van der Waals surface area contributed by atoms with Crippen molar-refractivity contribution in [2.24, 2.45) is 10.2 Å². The van der Waals surface area contributed by atoms with Crippen LogP contribution in [-0.4, -0.2) is 28.0 Å². The highest BCUT2D eigenvalue weighted by molar-refractivity contribution is 8.15. The van der Waals surface area contributed by atoms with Crippen molar-refractivity contribution in [2.45, 2.75) is 0 Å². The minimum Gasteiger partial charge on any atom is -0.303 e. The van der Waals surface area contributed by atoms with E-state index in [1.54, 1.807) is 0 Å². The highest BCUT2D eigenvalue weighted by Gasteiger charge is 2.16. The lowest BCUT2D eigenvalue weighted by Gasteiger charge is -2.00. The number of halogens is 2. The fraction of sp³-hybridized carbons (Fsp3) is 0.100. The standard InChI is InChI=1S/C10H6Cl2N4O3S/c11-7-1-5(16(18)19)2-8(12)6(7)3-13-15-10-14-9(17)4-20-10/h1-3H,4H2,(H,14,15,17). The zero-order valence-corrected chi connectivity index (χ0v) is 12.0. The Kier molecular flexibility index (Phi) is 4.58. The summed E-state index contributed by atoms with van der Waals surface area (Å²) in [6.45, 7) is 0. The van der Waals surface area contributed by atoms with Crippen LogP contribution in [0.1, 0.15) is 5.56 Å². The van der Waals surface area contributed by atoms with Crippen molar-refractivity contribution in [3.8, 4) is 0 Å². The van der Waals surface area contributed by atoms with E-state index in [1.807, 2.05) is 0 Å². The number of amides is 1. The van der Waals surface area contributed by atoms with Gasteiger partial charge in [0.05, 0.1) is 26.9 Å². The van der Waals surface area contributed by atoms with E-state index in [0.717, 1.165) is 0 Å². The van der Waals surface area contributed by atoms with Crippen LogP contribution in [0, 0.1) is 10.1 Å². The number of carbonyl (C=O) groups excluding carboxylic acids is 1. The minimum atomic E-state index is -0.594. The Morgan fingerprint density at radius 3 is 2.55 bits per heavy atom. The van der Waals surface area contributed by atoms with Crippen LogP contribution in [0.2, 0.25) is 10.0 Å². The summed E-state index contributed by atoms with van der Waals surface area (Å²) in [5.41, 5.74) is 0.111. The second kappa shape index (κ2) is 6.21. The normalized spacial score (nSPS) is 16.9. The molecule has 1 saturated heterocycles. The van der Waals surface area contributed by atoms with Gasteiger partial charge in [-0.3, -0.25) is 14.9 Å². The maximum Gasteiger partial charge on any atom is 0.272 e. The Bertz CT molecular complexity index is 624. The maximum atomic E-state index is 10.9. The molecule has 0 aliphatic carbocycles. The predicted molar refractivity (Wildman–Crippen MR) is 78.7 cm³/mol. The summed E-state index contributed by atoms with van der Waals surface area (Å²) < 4.78 is 0. The first-order valence-electron chi connectivity index (χ1n) is 5.14. The fourth-order valence-corrected chi connectivity index (χ4v) is 2.52. The van der Waals surface area contributed by atoms with Gasteiger partial charge < -0.3 is 5.32 Å². The van der Waals surface area contributed by atoms with Crippen molar-refractivity contribution in [2.75, 3.05) is 5.75 Å². The summed E-state index contributed by atoms with van der Waals surface area (Å²) in [4.78, 5) is 21.0. The number of nitrogens with one attached hydrogen (secondary N) is 1. The summed E-state index contributed by atoms with van der Waals surface area (Å²) in [5, 5.41) is 21.2.